The Morgan fingerprint density at radius 2 is 1.86 bits per heavy atom. The van der Waals surface area contributed by atoms with Crippen LogP contribution in [-0.2, 0) is 0 Å². The fraction of sp³-hybridized carbons (Fsp3) is 0.0588. The zero-order chi connectivity index (χ0) is 15.0. The number of benzene rings is 2. The SMILES string of the molecule is Cc1ccc(C(=O)n2cc(C=O)c3c(Br)cccc32)cc1. The van der Waals surface area contributed by atoms with Crippen LogP contribution in [0.25, 0.3) is 10.9 Å². The van der Waals surface area contributed by atoms with Gasteiger partial charge in [0, 0.05) is 27.2 Å². The predicted molar refractivity (Wildman–Crippen MR) is 85.9 cm³/mol. The van der Waals surface area contributed by atoms with Crippen LogP contribution in [0.1, 0.15) is 26.3 Å². The molecule has 0 aliphatic rings. The van der Waals surface area contributed by atoms with E-state index >= 15 is 0 Å². The average molecular weight is 342 g/mol. The van der Waals surface area contributed by atoms with Crippen molar-refractivity contribution in [1.29, 1.82) is 0 Å². The second-order valence-electron chi connectivity index (χ2n) is 4.88. The van der Waals surface area contributed by atoms with Crippen molar-refractivity contribution in [2.24, 2.45) is 0 Å². The van der Waals surface area contributed by atoms with E-state index in [1.165, 1.54) is 4.57 Å². The van der Waals surface area contributed by atoms with Crippen molar-refractivity contribution < 1.29 is 9.59 Å². The molecule has 1 aromatic heterocycles. The van der Waals surface area contributed by atoms with E-state index in [-0.39, 0.29) is 5.91 Å². The van der Waals surface area contributed by atoms with Crippen molar-refractivity contribution in [3.8, 4) is 0 Å². The molecule has 0 saturated carbocycles. The minimum Gasteiger partial charge on any atom is -0.298 e. The molecule has 0 atom stereocenters. The topological polar surface area (TPSA) is 39.1 Å². The minimum atomic E-state index is -0.147. The number of carbonyl (C=O) groups excluding carboxylic acids is 2. The summed E-state index contributed by atoms with van der Waals surface area (Å²) in [6, 6.07) is 12.9. The quantitative estimate of drug-likeness (QED) is 0.655. The van der Waals surface area contributed by atoms with Gasteiger partial charge in [-0.3, -0.25) is 14.2 Å². The summed E-state index contributed by atoms with van der Waals surface area (Å²) < 4.78 is 2.33. The van der Waals surface area contributed by atoms with Gasteiger partial charge in [0.1, 0.15) is 0 Å². The molecule has 104 valence electrons. The van der Waals surface area contributed by atoms with Gasteiger partial charge in [-0.1, -0.05) is 39.7 Å². The van der Waals surface area contributed by atoms with Gasteiger partial charge in [0.25, 0.3) is 5.91 Å². The first-order valence-corrected chi connectivity index (χ1v) is 7.27. The molecule has 21 heavy (non-hydrogen) atoms. The molecule has 3 aromatic rings. The van der Waals surface area contributed by atoms with Gasteiger partial charge < -0.3 is 0 Å². The molecule has 3 nitrogen and oxygen atoms in total. The molecule has 1 heterocycles. The van der Waals surface area contributed by atoms with Crippen LogP contribution in [0.2, 0.25) is 0 Å². The van der Waals surface area contributed by atoms with E-state index in [1.807, 2.05) is 37.3 Å². The van der Waals surface area contributed by atoms with E-state index in [2.05, 4.69) is 15.9 Å². The molecule has 0 radical (unpaired) electrons. The monoisotopic (exact) mass is 341 g/mol. The van der Waals surface area contributed by atoms with Crippen molar-refractivity contribution in [2.75, 3.05) is 0 Å². The van der Waals surface area contributed by atoms with E-state index < -0.39 is 0 Å². The van der Waals surface area contributed by atoms with E-state index in [1.54, 1.807) is 18.3 Å². The summed E-state index contributed by atoms with van der Waals surface area (Å²) in [5.74, 6) is -0.147. The largest absolute Gasteiger partial charge is 0.298 e. The summed E-state index contributed by atoms with van der Waals surface area (Å²) in [5, 5.41) is 0.757. The summed E-state index contributed by atoms with van der Waals surface area (Å²) in [6.07, 6.45) is 2.36. The van der Waals surface area contributed by atoms with Crippen LogP contribution in [0.5, 0.6) is 0 Å². The third-order valence-corrected chi connectivity index (χ3v) is 4.11. The fourth-order valence-corrected chi connectivity index (χ4v) is 2.95. The molecule has 0 spiro atoms. The Hall–Kier alpha value is -2.20. The normalized spacial score (nSPS) is 10.8. The lowest BCUT2D eigenvalue weighted by molar-refractivity contribution is 0.0965. The third kappa shape index (κ3) is 2.32. The van der Waals surface area contributed by atoms with Gasteiger partial charge in [-0.15, -0.1) is 0 Å². The fourth-order valence-electron chi connectivity index (χ4n) is 2.37. The third-order valence-electron chi connectivity index (χ3n) is 3.45. The number of hydrogen-bond donors (Lipinski definition) is 0. The predicted octanol–water partition coefficient (Wildman–Crippen LogP) is 4.21. The van der Waals surface area contributed by atoms with Gasteiger partial charge >= 0.3 is 0 Å². The van der Waals surface area contributed by atoms with Crippen LogP contribution >= 0.6 is 15.9 Å². The Labute approximate surface area is 130 Å². The van der Waals surface area contributed by atoms with Gasteiger partial charge in [-0.25, -0.2) is 0 Å². The number of aromatic nitrogens is 1. The number of hydrogen-bond acceptors (Lipinski definition) is 2. The van der Waals surface area contributed by atoms with Crippen molar-refractivity contribution in [3.63, 3.8) is 0 Å². The molecule has 2 aromatic carbocycles. The average Bonchev–Trinajstić information content (AvgIpc) is 2.87. The molecule has 0 fully saturated rings. The molecule has 0 bridgehead atoms. The van der Waals surface area contributed by atoms with Crippen LogP contribution in [-0.4, -0.2) is 16.8 Å². The molecule has 0 aliphatic carbocycles. The van der Waals surface area contributed by atoms with Crippen LogP contribution in [0, 0.1) is 6.92 Å². The van der Waals surface area contributed by atoms with E-state index in [9.17, 15) is 9.59 Å². The van der Waals surface area contributed by atoms with Crippen molar-refractivity contribution in [2.45, 2.75) is 6.92 Å². The maximum absolute atomic E-state index is 12.6. The number of nitrogens with zero attached hydrogens (tertiary/aromatic N) is 1. The smallest absolute Gasteiger partial charge is 0.262 e. The molecule has 0 amide bonds. The number of carbonyl (C=O) groups is 2. The van der Waals surface area contributed by atoms with Gasteiger partial charge in [0.2, 0.25) is 0 Å². The first kappa shape index (κ1) is 13.8. The van der Waals surface area contributed by atoms with Crippen molar-refractivity contribution in [1.82, 2.24) is 4.57 Å². The zero-order valence-electron chi connectivity index (χ0n) is 11.3. The Kier molecular flexibility index (Phi) is 3.47. The number of fused-ring (bicyclic) bond motifs is 1. The Morgan fingerprint density at radius 1 is 1.14 bits per heavy atom. The maximum Gasteiger partial charge on any atom is 0.262 e. The first-order chi connectivity index (χ1) is 10.1. The van der Waals surface area contributed by atoms with Crippen molar-refractivity contribution in [3.05, 3.63) is 69.8 Å². The molecule has 0 saturated heterocycles. The van der Waals surface area contributed by atoms with Gasteiger partial charge in [-0.05, 0) is 31.2 Å². The molecule has 4 heteroatoms. The highest BCUT2D eigenvalue weighted by molar-refractivity contribution is 9.10. The lowest BCUT2D eigenvalue weighted by Crippen LogP contribution is -2.10. The molecule has 0 N–H and O–H groups in total. The molecular weight excluding hydrogens is 330 g/mol. The number of aldehydes is 1. The summed E-state index contributed by atoms with van der Waals surface area (Å²) in [5.41, 5.74) is 2.91. The summed E-state index contributed by atoms with van der Waals surface area (Å²) in [4.78, 5) is 23.9. The zero-order valence-corrected chi connectivity index (χ0v) is 12.9. The minimum absolute atomic E-state index is 0.147. The van der Waals surface area contributed by atoms with Crippen LogP contribution in [0.4, 0.5) is 0 Å². The number of rotatable bonds is 2. The standard InChI is InChI=1S/C17H12BrNO2/c1-11-5-7-12(8-6-11)17(21)19-9-13(10-20)16-14(18)3-2-4-15(16)19/h2-10H,1H3. The van der Waals surface area contributed by atoms with Gasteiger partial charge in [-0.2, -0.15) is 0 Å². The highest BCUT2D eigenvalue weighted by Gasteiger charge is 2.16. The summed E-state index contributed by atoms with van der Waals surface area (Å²) >= 11 is 3.43. The number of aryl methyl sites for hydroxylation is 1. The van der Waals surface area contributed by atoms with Crippen molar-refractivity contribution >= 4 is 39.0 Å². The Bertz CT molecular complexity index is 847. The van der Waals surface area contributed by atoms with E-state index in [0.717, 1.165) is 27.2 Å². The Morgan fingerprint density at radius 3 is 2.52 bits per heavy atom. The van der Waals surface area contributed by atoms with E-state index in [0.29, 0.717) is 11.1 Å². The molecular formula is C17H12BrNO2. The summed E-state index contributed by atoms with van der Waals surface area (Å²) in [6.45, 7) is 1.97. The molecule has 0 unspecified atom stereocenters. The lowest BCUT2D eigenvalue weighted by Gasteiger charge is -2.05. The Balaban J connectivity index is 2.21. The number of halogens is 1. The summed E-state index contributed by atoms with van der Waals surface area (Å²) in [7, 11) is 0. The maximum atomic E-state index is 12.6. The van der Waals surface area contributed by atoms with Crippen LogP contribution < -0.4 is 0 Å². The molecule has 0 aliphatic heterocycles. The lowest BCUT2D eigenvalue weighted by atomic mass is 10.1. The highest BCUT2D eigenvalue weighted by Crippen LogP contribution is 2.28. The molecule has 3 rings (SSSR count). The second kappa shape index (κ2) is 5.30. The second-order valence-corrected chi connectivity index (χ2v) is 5.73. The van der Waals surface area contributed by atoms with Gasteiger partial charge in [0.05, 0.1) is 5.52 Å². The van der Waals surface area contributed by atoms with E-state index in [4.69, 9.17) is 0 Å². The van der Waals surface area contributed by atoms with Crippen LogP contribution in [0.3, 0.4) is 0 Å². The highest BCUT2D eigenvalue weighted by atomic mass is 79.9. The van der Waals surface area contributed by atoms with Gasteiger partial charge in [0.15, 0.2) is 6.29 Å². The van der Waals surface area contributed by atoms with Crippen LogP contribution in [0.15, 0.2) is 53.1 Å². The first-order valence-electron chi connectivity index (χ1n) is 6.48.